The fourth-order valence-corrected chi connectivity index (χ4v) is 1.28. The summed E-state index contributed by atoms with van der Waals surface area (Å²) in [6.45, 7) is -0.0711. The lowest BCUT2D eigenvalue weighted by atomic mass is 10.1. The number of aromatic nitrogens is 1. The normalized spacial score (nSPS) is 12.9. The zero-order chi connectivity index (χ0) is 9.84. The molecule has 0 aromatic carbocycles. The van der Waals surface area contributed by atoms with Crippen LogP contribution < -0.4 is 5.73 Å². The topological polar surface area (TPSA) is 59.1 Å². The fraction of sp³-hybridized carbons (Fsp3) is 0.375. The third-order valence-electron chi connectivity index (χ3n) is 1.63. The van der Waals surface area contributed by atoms with E-state index in [1.54, 1.807) is 0 Å². The summed E-state index contributed by atoms with van der Waals surface area (Å²) in [4.78, 5) is 3.84. The molecule has 0 bridgehead atoms. The van der Waals surface area contributed by atoms with Gasteiger partial charge in [0.1, 0.15) is 5.82 Å². The van der Waals surface area contributed by atoms with Crippen molar-refractivity contribution in [1.82, 2.24) is 4.98 Å². The maximum absolute atomic E-state index is 13.2. The van der Waals surface area contributed by atoms with E-state index in [2.05, 4.69) is 20.9 Å². The molecule has 3 nitrogen and oxygen atoms in total. The van der Waals surface area contributed by atoms with Crippen LogP contribution in [0.25, 0.3) is 0 Å². The van der Waals surface area contributed by atoms with Crippen LogP contribution in [0.3, 0.4) is 0 Å². The van der Waals surface area contributed by atoms with Gasteiger partial charge in [-0.2, -0.15) is 0 Å². The standard InChI is InChI=1S/C8H10BrFN2O/c9-5-3-6(10)8(12-4-5)7(11)1-2-13/h3-4,7,13H,1-2,11H2/t7-/m1/s1. The number of hydrogen-bond donors (Lipinski definition) is 2. The summed E-state index contributed by atoms with van der Waals surface area (Å²) >= 11 is 3.09. The van der Waals surface area contributed by atoms with Crippen molar-refractivity contribution in [2.75, 3.05) is 6.61 Å². The lowest BCUT2D eigenvalue weighted by Crippen LogP contribution is -2.15. The number of hydrogen-bond acceptors (Lipinski definition) is 3. The molecule has 0 aliphatic carbocycles. The summed E-state index contributed by atoms with van der Waals surface area (Å²) in [5.74, 6) is -0.449. The van der Waals surface area contributed by atoms with Crippen molar-refractivity contribution in [3.05, 3.63) is 28.2 Å². The van der Waals surface area contributed by atoms with Crippen LogP contribution in [0.1, 0.15) is 18.2 Å². The number of aliphatic hydroxyl groups is 1. The number of rotatable bonds is 3. The van der Waals surface area contributed by atoms with Crippen molar-refractivity contribution >= 4 is 15.9 Å². The Morgan fingerprint density at radius 2 is 2.38 bits per heavy atom. The molecular formula is C8H10BrFN2O. The van der Waals surface area contributed by atoms with Gasteiger partial charge in [0.25, 0.3) is 0 Å². The van der Waals surface area contributed by atoms with Crippen LogP contribution in [0.15, 0.2) is 16.7 Å². The molecular weight excluding hydrogens is 239 g/mol. The first kappa shape index (κ1) is 10.6. The maximum atomic E-state index is 13.2. The summed E-state index contributed by atoms with van der Waals surface area (Å²) in [5.41, 5.74) is 5.77. The Morgan fingerprint density at radius 1 is 1.69 bits per heavy atom. The molecule has 0 unspecified atom stereocenters. The first-order valence-corrected chi connectivity index (χ1v) is 4.62. The van der Waals surface area contributed by atoms with Crippen molar-refractivity contribution in [3.63, 3.8) is 0 Å². The first-order valence-electron chi connectivity index (χ1n) is 3.82. The largest absolute Gasteiger partial charge is 0.396 e. The molecule has 3 N–H and O–H groups in total. The van der Waals surface area contributed by atoms with Gasteiger partial charge in [-0.25, -0.2) is 4.39 Å². The molecule has 72 valence electrons. The minimum absolute atomic E-state index is 0.0711. The predicted molar refractivity (Wildman–Crippen MR) is 50.5 cm³/mol. The van der Waals surface area contributed by atoms with Crippen molar-refractivity contribution in [1.29, 1.82) is 0 Å². The van der Waals surface area contributed by atoms with Gasteiger partial charge in [0, 0.05) is 17.3 Å². The van der Waals surface area contributed by atoms with Crippen LogP contribution in [-0.2, 0) is 0 Å². The molecule has 1 rings (SSSR count). The van der Waals surface area contributed by atoms with E-state index in [1.165, 1.54) is 12.3 Å². The Bertz CT molecular complexity index is 295. The quantitative estimate of drug-likeness (QED) is 0.850. The van der Waals surface area contributed by atoms with Crippen molar-refractivity contribution < 1.29 is 9.50 Å². The van der Waals surface area contributed by atoms with Crippen LogP contribution in [0, 0.1) is 5.82 Å². The smallest absolute Gasteiger partial charge is 0.147 e. The second-order valence-corrected chi connectivity index (χ2v) is 3.56. The average molecular weight is 249 g/mol. The predicted octanol–water partition coefficient (Wildman–Crippen LogP) is 1.37. The molecule has 0 aliphatic rings. The van der Waals surface area contributed by atoms with E-state index in [-0.39, 0.29) is 12.3 Å². The van der Waals surface area contributed by atoms with Gasteiger partial charge in [0.05, 0.1) is 11.7 Å². The van der Waals surface area contributed by atoms with Gasteiger partial charge in [-0.3, -0.25) is 4.98 Å². The van der Waals surface area contributed by atoms with Gasteiger partial charge in [0.15, 0.2) is 0 Å². The van der Waals surface area contributed by atoms with Gasteiger partial charge < -0.3 is 10.8 Å². The van der Waals surface area contributed by atoms with E-state index in [0.29, 0.717) is 10.9 Å². The number of nitrogens with two attached hydrogens (primary N) is 1. The van der Waals surface area contributed by atoms with Crippen molar-refractivity contribution in [3.8, 4) is 0 Å². The summed E-state index contributed by atoms with van der Waals surface area (Å²) in [6.07, 6.45) is 1.79. The van der Waals surface area contributed by atoms with Crippen LogP contribution >= 0.6 is 15.9 Å². The molecule has 1 heterocycles. The third kappa shape index (κ3) is 2.72. The number of aliphatic hydroxyl groups excluding tert-OH is 1. The zero-order valence-corrected chi connectivity index (χ0v) is 8.46. The molecule has 0 amide bonds. The highest BCUT2D eigenvalue weighted by atomic mass is 79.9. The molecule has 0 spiro atoms. The van der Waals surface area contributed by atoms with Crippen LogP contribution in [-0.4, -0.2) is 16.7 Å². The average Bonchev–Trinajstić information content (AvgIpc) is 2.04. The van der Waals surface area contributed by atoms with Crippen LogP contribution in [0.5, 0.6) is 0 Å². The molecule has 5 heteroatoms. The fourth-order valence-electron chi connectivity index (χ4n) is 0.974. The van der Waals surface area contributed by atoms with E-state index in [9.17, 15) is 4.39 Å². The third-order valence-corrected chi connectivity index (χ3v) is 2.06. The molecule has 1 aromatic rings. The Morgan fingerprint density at radius 3 is 2.92 bits per heavy atom. The number of nitrogens with zero attached hydrogens (tertiary/aromatic N) is 1. The lowest BCUT2D eigenvalue weighted by Gasteiger charge is -2.09. The molecule has 13 heavy (non-hydrogen) atoms. The molecule has 0 saturated heterocycles. The Hall–Kier alpha value is -0.520. The molecule has 1 aromatic heterocycles. The van der Waals surface area contributed by atoms with E-state index in [1.807, 2.05) is 0 Å². The second-order valence-electron chi connectivity index (χ2n) is 2.64. The maximum Gasteiger partial charge on any atom is 0.147 e. The molecule has 1 atom stereocenters. The van der Waals surface area contributed by atoms with E-state index < -0.39 is 11.9 Å². The summed E-state index contributed by atoms with van der Waals surface area (Å²) in [6, 6.07) is 0.762. The Balaban J connectivity index is 2.88. The van der Waals surface area contributed by atoms with Crippen LogP contribution in [0.4, 0.5) is 4.39 Å². The first-order chi connectivity index (χ1) is 6.15. The van der Waals surface area contributed by atoms with Gasteiger partial charge in [-0.05, 0) is 28.4 Å². The Labute approximate surface area is 83.9 Å². The summed E-state index contributed by atoms with van der Waals surface area (Å²) in [5, 5.41) is 8.60. The van der Waals surface area contributed by atoms with Gasteiger partial charge in [-0.15, -0.1) is 0 Å². The van der Waals surface area contributed by atoms with E-state index >= 15 is 0 Å². The van der Waals surface area contributed by atoms with Gasteiger partial charge in [0.2, 0.25) is 0 Å². The summed E-state index contributed by atoms with van der Waals surface area (Å²) in [7, 11) is 0. The zero-order valence-electron chi connectivity index (χ0n) is 6.87. The molecule has 0 saturated carbocycles. The van der Waals surface area contributed by atoms with E-state index in [0.717, 1.165) is 0 Å². The van der Waals surface area contributed by atoms with Crippen molar-refractivity contribution in [2.45, 2.75) is 12.5 Å². The van der Waals surface area contributed by atoms with Gasteiger partial charge in [-0.1, -0.05) is 0 Å². The second kappa shape index (κ2) is 4.64. The lowest BCUT2D eigenvalue weighted by molar-refractivity contribution is 0.274. The number of halogens is 2. The monoisotopic (exact) mass is 248 g/mol. The molecule has 0 fully saturated rings. The molecule has 0 aliphatic heterocycles. The minimum Gasteiger partial charge on any atom is -0.396 e. The highest BCUT2D eigenvalue weighted by Crippen LogP contribution is 2.18. The minimum atomic E-state index is -0.543. The Kier molecular flexibility index (Phi) is 3.77. The SMILES string of the molecule is N[C@H](CCO)c1ncc(Br)cc1F. The van der Waals surface area contributed by atoms with Crippen LogP contribution in [0.2, 0.25) is 0 Å². The van der Waals surface area contributed by atoms with Crippen molar-refractivity contribution in [2.24, 2.45) is 5.73 Å². The van der Waals surface area contributed by atoms with E-state index in [4.69, 9.17) is 10.8 Å². The summed E-state index contributed by atoms with van der Waals surface area (Å²) < 4.78 is 13.7. The number of pyridine rings is 1. The molecule has 0 radical (unpaired) electrons. The highest BCUT2D eigenvalue weighted by Gasteiger charge is 2.12. The highest BCUT2D eigenvalue weighted by molar-refractivity contribution is 9.10. The van der Waals surface area contributed by atoms with Gasteiger partial charge >= 0.3 is 0 Å².